The summed E-state index contributed by atoms with van der Waals surface area (Å²) in [4.78, 5) is 0. The van der Waals surface area contributed by atoms with Crippen LogP contribution in [0.3, 0.4) is 0 Å². The topological polar surface area (TPSA) is 0 Å². The summed E-state index contributed by atoms with van der Waals surface area (Å²) in [7, 11) is 0. The van der Waals surface area contributed by atoms with Crippen molar-refractivity contribution in [1.82, 2.24) is 0 Å². The second-order valence-electron chi connectivity index (χ2n) is 6.89. The highest BCUT2D eigenvalue weighted by Gasteiger charge is 2.13. The minimum absolute atomic E-state index is 0.276. The molecule has 0 aliphatic heterocycles. The van der Waals surface area contributed by atoms with Crippen LogP contribution < -0.4 is 0 Å². The summed E-state index contributed by atoms with van der Waals surface area (Å²) in [6.07, 6.45) is 2.12. The average molecular weight is 294 g/mol. The van der Waals surface area contributed by atoms with Crippen molar-refractivity contribution in [2.75, 3.05) is 0 Å². The summed E-state index contributed by atoms with van der Waals surface area (Å²) in [5.41, 5.74) is 7.11. The number of aryl methyl sites for hydroxylation is 2. The molecule has 0 saturated heterocycles. The van der Waals surface area contributed by atoms with Crippen molar-refractivity contribution in [2.24, 2.45) is 0 Å². The Kier molecular flexibility index (Phi) is 6.61. The van der Waals surface area contributed by atoms with Gasteiger partial charge in [0.25, 0.3) is 0 Å². The third-order valence-corrected chi connectivity index (χ3v) is 4.04. The maximum Gasteiger partial charge on any atom is -0.0132 e. The van der Waals surface area contributed by atoms with Gasteiger partial charge in [0.05, 0.1) is 0 Å². The molecule has 118 valence electrons. The van der Waals surface area contributed by atoms with Crippen LogP contribution >= 0.6 is 0 Å². The highest BCUT2D eigenvalue weighted by Crippen LogP contribution is 2.23. The Morgan fingerprint density at radius 2 is 1.45 bits per heavy atom. The molecule has 0 saturated carbocycles. The number of benzene rings is 2. The van der Waals surface area contributed by atoms with Crippen molar-refractivity contribution in [3.8, 4) is 0 Å². The Morgan fingerprint density at radius 3 is 1.91 bits per heavy atom. The van der Waals surface area contributed by atoms with Gasteiger partial charge in [-0.3, -0.25) is 0 Å². The molecule has 2 aromatic rings. The van der Waals surface area contributed by atoms with Crippen LogP contribution in [0, 0.1) is 13.8 Å². The summed E-state index contributed by atoms with van der Waals surface area (Å²) in [6, 6.07) is 17.1. The predicted molar refractivity (Wildman–Crippen MR) is 100 cm³/mol. The number of hydrogen-bond acceptors (Lipinski definition) is 0. The molecule has 0 N–H and O–H groups in total. The minimum atomic E-state index is 0.276. The molecule has 0 fully saturated rings. The van der Waals surface area contributed by atoms with Gasteiger partial charge in [-0.1, -0.05) is 75.4 Å². The summed E-state index contributed by atoms with van der Waals surface area (Å²) in [5.74, 6) is 0. The fourth-order valence-electron chi connectivity index (χ4n) is 2.08. The van der Waals surface area contributed by atoms with Gasteiger partial charge in [-0.15, -0.1) is 0 Å². The van der Waals surface area contributed by atoms with E-state index in [-0.39, 0.29) is 5.41 Å². The molecule has 0 heteroatoms. The lowest BCUT2D eigenvalue weighted by Crippen LogP contribution is -2.11. The van der Waals surface area contributed by atoms with Crippen LogP contribution in [0.1, 0.15) is 56.9 Å². The highest BCUT2D eigenvalue weighted by molar-refractivity contribution is 5.62. The molecule has 2 aromatic carbocycles. The maximum atomic E-state index is 2.29. The molecule has 0 radical (unpaired) electrons. The van der Waals surface area contributed by atoms with Crippen molar-refractivity contribution >= 4 is 5.57 Å². The van der Waals surface area contributed by atoms with Gasteiger partial charge < -0.3 is 0 Å². The smallest absolute Gasteiger partial charge is 0.0132 e. The van der Waals surface area contributed by atoms with E-state index in [1.165, 1.54) is 27.8 Å². The zero-order chi connectivity index (χ0) is 16.8. The molecular weight excluding hydrogens is 264 g/mol. The van der Waals surface area contributed by atoms with E-state index in [1.54, 1.807) is 0 Å². The third kappa shape index (κ3) is 5.52. The van der Waals surface area contributed by atoms with E-state index in [2.05, 4.69) is 97.0 Å². The van der Waals surface area contributed by atoms with E-state index in [0.717, 1.165) is 0 Å². The molecule has 0 heterocycles. The van der Waals surface area contributed by atoms with E-state index >= 15 is 0 Å². The molecule has 0 atom stereocenters. The molecule has 0 bridgehead atoms. The van der Waals surface area contributed by atoms with E-state index in [9.17, 15) is 0 Å². The first kappa shape index (κ1) is 18.2. The molecule has 0 aliphatic rings. The SMILES string of the molecule is C/C=C(\C)c1ccccc1.Cc1ccc(C(C)(C)C)cc1C. The first-order chi connectivity index (χ1) is 10.3. The second kappa shape index (κ2) is 7.98. The van der Waals surface area contributed by atoms with Crippen LogP contribution in [0.2, 0.25) is 0 Å². The van der Waals surface area contributed by atoms with Crippen LogP contribution in [0.15, 0.2) is 54.6 Å². The van der Waals surface area contributed by atoms with Crippen molar-refractivity contribution in [3.63, 3.8) is 0 Å². The van der Waals surface area contributed by atoms with Gasteiger partial charge in [0.15, 0.2) is 0 Å². The van der Waals surface area contributed by atoms with Gasteiger partial charge in [0, 0.05) is 0 Å². The van der Waals surface area contributed by atoms with Crippen molar-refractivity contribution in [1.29, 1.82) is 0 Å². The molecule has 0 unspecified atom stereocenters. The Balaban J connectivity index is 0.000000224. The zero-order valence-corrected chi connectivity index (χ0v) is 15.2. The quantitative estimate of drug-likeness (QED) is 0.548. The lowest BCUT2D eigenvalue weighted by atomic mass is 9.85. The van der Waals surface area contributed by atoms with E-state index < -0.39 is 0 Å². The molecule has 0 spiro atoms. The second-order valence-corrected chi connectivity index (χ2v) is 6.89. The molecule has 0 aromatic heterocycles. The van der Waals surface area contributed by atoms with Crippen LogP contribution in [0.4, 0.5) is 0 Å². The lowest BCUT2D eigenvalue weighted by molar-refractivity contribution is 0.589. The first-order valence-electron chi connectivity index (χ1n) is 8.01. The average Bonchev–Trinajstić information content (AvgIpc) is 2.49. The standard InChI is InChI=1S/C12H18.C10H12/c1-9-6-7-11(8-10(9)2)12(3,4)5;1-3-9(2)10-7-5-4-6-8-10/h6-8H,1-5H3;3-8H,1-2H3/b;9-3+. The fourth-order valence-corrected chi connectivity index (χ4v) is 2.08. The zero-order valence-electron chi connectivity index (χ0n) is 15.2. The third-order valence-electron chi connectivity index (χ3n) is 4.04. The molecule has 22 heavy (non-hydrogen) atoms. The van der Waals surface area contributed by atoms with E-state index in [0.29, 0.717) is 0 Å². The van der Waals surface area contributed by atoms with Crippen molar-refractivity contribution < 1.29 is 0 Å². The predicted octanol–water partition coefficient (Wildman–Crippen LogP) is 6.71. The van der Waals surface area contributed by atoms with Gasteiger partial charge in [-0.2, -0.15) is 0 Å². The fraction of sp³-hybridized carbons (Fsp3) is 0.364. The van der Waals surface area contributed by atoms with Gasteiger partial charge in [-0.05, 0) is 60.9 Å². The Bertz CT molecular complexity index is 610. The van der Waals surface area contributed by atoms with Crippen molar-refractivity contribution in [2.45, 2.75) is 53.9 Å². The summed E-state index contributed by atoms with van der Waals surface area (Å²) < 4.78 is 0. The van der Waals surface area contributed by atoms with Gasteiger partial charge in [-0.25, -0.2) is 0 Å². The van der Waals surface area contributed by atoms with Gasteiger partial charge >= 0.3 is 0 Å². The largest absolute Gasteiger partial charge is 0.0841 e. The van der Waals surface area contributed by atoms with Crippen LogP contribution in [-0.2, 0) is 5.41 Å². The molecule has 0 aliphatic carbocycles. The number of allylic oxidation sites excluding steroid dienone is 2. The van der Waals surface area contributed by atoms with E-state index in [1.807, 2.05) is 6.07 Å². The van der Waals surface area contributed by atoms with Crippen LogP contribution in [0.25, 0.3) is 5.57 Å². The van der Waals surface area contributed by atoms with Crippen molar-refractivity contribution in [3.05, 3.63) is 76.9 Å². The van der Waals surface area contributed by atoms with Gasteiger partial charge in [0.2, 0.25) is 0 Å². The number of hydrogen-bond donors (Lipinski definition) is 0. The Labute approximate surface area is 136 Å². The number of rotatable bonds is 1. The summed E-state index contributed by atoms with van der Waals surface area (Å²) in [5, 5.41) is 0. The summed E-state index contributed by atoms with van der Waals surface area (Å²) in [6.45, 7) is 15.2. The maximum absolute atomic E-state index is 2.29. The van der Waals surface area contributed by atoms with Gasteiger partial charge in [0.1, 0.15) is 0 Å². The Hall–Kier alpha value is -1.82. The summed E-state index contributed by atoms with van der Waals surface area (Å²) >= 11 is 0. The Morgan fingerprint density at radius 1 is 0.864 bits per heavy atom. The molecule has 2 rings (SSSR count). The van der Waals surface area contributed by atoms with Crippen LogP contribution in [0.5, 0.6) is 0 Å². The molecule has 0 nitrogen and oxygen atoms in total. The lowest BCUT2D eigenvalue weighted by Gasteiger charge is -2.19. The monoisotopic (exact) mass is 294 g/mol. The van der Waals surface area contributed by atoms with E-state index in [4.69, 9.17) is 0 Å². The minimum Gasteiger partial charge on any atom is -0.0841 e. The highest BCUT2D eigenvalue weighted by atomic mass is 14.2. The normalized spacial score (nSPS) is 11.7. The molecule has 0 amide bonds. The van der Waals surface area contributed by atoms with Crippen LogP contribution in [-0.4, -0.2) is 0 Å². The molecular formula is C22H30. The first-order valence-corrected chi connectivity index (χ1v) is 8.01.